The number of carboxylic acids is 1. The van der Waals surface area contributed by atoms with Crippen LogP contribution in [0.1, 0.15) is 65.9 Å². The molecule has 8 nitrogen and oxygen atoms in total. The number of anilines is 2. The van der Waals surface area contributed by atoms with Gasteiger partial charge in [0.25, 0.3) is 5.91 Å². The standard InChI is InChI=1S/C31H32F3N3O5/c32-31(33,34)42-27-16-6-21(7-17-27)20-37(26-14-10-24(11-15-26)29(40)35-19-18-28(38)39)30(41)36-25-12-8-23(9-13-25)22-4-2-1-3-5-22/h6-17,22H,1-5,18-20H2,(H,35,40)(H,36,41)(H,38,39). The van der Waals surface area contributed by atoms with Crippen molar-refractivity contribution in [2.75, 3.05) is 16.8 Å². The van der Waals surface area contributed by atoms with Crippen LogP contribution in [-0.4, -0.2) is 35.9 Å². The van der Waals surface area contributed by atoms with Gasteiger partial charge in [-0.3, -0.25) is 14.5 Å². The summed E-state index contributed by atoms with van der Waals surface area (Å²) in [5.74, 6) is -1.35. The monoisotopic (exact) mass is 583 g/mol. The Morgan fingerprint density at radius 2 is 1.52 bits per heavy atom. The zero-order chi connectivity index (χ0) is 30.1. The van der Waals surface area contributed by atoms with E-state index in [4.69, 9.17) is 5.11 Å². The van der Waals surface area contributed by atoms with E-state index in [1.807, 2.05) is 24.3 Å². The van der Waals surface area contributed by atoms with Gasteiger partial charge in [0.15, 0.2) is 0 Å². The van der Waals surface area contributed by atoms with Gasteiger partial charge >= 0.3 is 18.4 Å². The lowest BCUT2D eigenvalue weighted by molar-refractivity contribution is -0.274. The van der Waals surface area contributed by atoms with Crippen LogP contribution in [0, 0.1) is 0 Å². The lowest BCUT2D eigenvalue weighted by Crippen LogP contribution is -2.34. The van der Waals surface area contributed by atoms with E-state index in [0.29, 0.717) is 22.9 Å². The SMILES string of the molecule is O=C(O)CCNC(=O)c1ccc(N(Cc2ccc(OC(F)(F)F)cc2)C(=O)Nc2ccc(C3CCCCC3)cc2)cc1. The summed E-state index contributed by atoms with van der Waals surface area (Å²) in [6.45, 7) is -0.0134. The van der Waals surface area contributed by atoms with Gasteiger partial charge in [-0.1, -0.05) is 43.5 Å². The smallest absolute Gasteiger partial charge is 0.481 e. The number of carbonyl (C=O) groups excluding carboxylic acids is 2. The number of nitrogens with zero attached hydrogens (tertiary/aromatic N) is 1. The maximum Gasteiger partial charge on any atom is 0.573 e. The molecule has 4 rings (SSSR count). The molecule has 0 bridgehead atoms. The largest absolute Gasteiger partial charge is 0.573 e. The third-order valence-corrected chi connectivity index (χ3v) is 7.05. The van der Waals surface area contributed by atoms with Crippen molar-refractivity contribution in [1.82, 2.24) is 5.32 Å². The molecule has 1 fully saturated rings. The molecule has 42 heavy (non-hydrogen) atoms. The van der Waals surface area contributed by atoms with Crippen molar-refractivity contribution in [2.45, 2.75) is 57.3 Å². The summed E-state index contributed by atoms with van der Waals surface area (Å²) in [6.07, 6.45) is 0.955. The number of hydrogen-bond acceptors (Lipinski definition) is 4. The van der Waals surface area contributed by atoms with Crippen molar-refractivity contribution in [3.05, 3.63) is 89.5 Å². The second kappa shape index (κ2) is 13.9. The fourth-order valence-electron chi connectivity index (χ4n) is 4.90. The fraction of sp³-hybridized carbons (Fsp3) is 0.323. The average Bonchev–Trinajstić information content (AvgIpc) is 2.96. The molecule has 0 atom stereocenters. The molecule has 1 aliphatic rings. The Hall–Kier alpha value is -4.54. The number of benzene rings is 3. The average molecular weight is 584 g/mol. The molecule has 3 aromatic carbocycles. The molecule has 0 saturated heterocycles. The highest BCUT2D eigenvalue weighted by molar-refractivity contribution is 6.02. The number of ether oxygens (including phenoxy) is 1. The summed E-state index contributed by atoms with van der Waals surface area (Å²) < 4.78 is 41.7. The number of carbonyl (C=O) groups is 3. The second-order valence-corrected chi connectivity index (χ2v) is 10.1. The van der Waals surface area contributed by atoms with Gasteiger partial charge in [-0.05, 0) is 78.4 Å². The Balaban J connectivity index is 1.51. The van der Waals surface area contributed by atoms with E-state index in [9.17, 15) is 27.6 Å². The number of nitrogens with one attached hydrogen (secondary N) is 2. The Bertz CT molecular complexity index is 1350. The molecule has 3 N–H and O–H groups in total. The van der Waals surface area contributed by atoms with Gasteiger partial charge in [-0.25, -0.2) is 4.79 Å². The minimum atomic E-state index is -4.82. The maximum atomic E-state index is 13.5. The van der Waals surface area contributed by atoms with E-state index >= 15 is 0 Å². The molecular weight excluding hydrogens is 551 g/mol. The van der Waals surface area contributed by atoms with E-state index in [2.05, 4.69) is 15.4 Å². The Labute approximate surface area is 241 Å². The summed E-state index contributed by atoms with van der Waals surface area (Å²) in [4.78, 5) is 37.9. The van der Waals surface area contributed by atoms with Gasteiger partial charge in [0.1, 0.15) is 5.75 Å². The summed E-state index contributed by atoms with van der Waals surface area (Å²) >= 11 is 0. The van der Waals surface area contributed by atoms with Crippen LogP contribution in [-0.2, 0) is 11.3 Å². The number of alkyl halides is 3. The summed E-state index contributed by atoms with van der Waals surface area (Å²) in [6, 6.07) is 18.6. The minimum Gasteiger partial charge on any atom is -0.481 e. The third-order valence-electron chi connectivity index (χ3n) is 7.05. The quantitative estimate of drug-likeness (QED) is 0.237. The highest BCUT2D eigenvalue weighted by atomic mass is 19.4. The molecule has 222 valence electrons. The number of aliphatic carboxylic acids is 1. The molecule has 0 unspecified atom stereocenters. The topological polar surface area (TPSA) is 108 Å². The zero-order valence-electron chi connectivity index (χ0n) is 22.8. The van der Waals surface area contributed by atoms with E-state index < -0.39 is 24.3 Å². The molecular formula is C31H32F3N3O5. The molecule has 1 saturated carbocycles. The first kappa shape index (κ1) is 30.4. The highest BCUT2D eigenvalue weighted by Gasteiger charge is 2.31. The molecule has 0 aromatic heterocycles. The van der Waals surface area contributed by atoms with Crippen molar-refractivity contribution in [2.24, 2.45) is 0 Å². The van der Waals surface area contributed by atoms with Crippen molar-refractivity contribution < 1.29 is 37.4 Å². The van der Waals surface area contributed by atoms with E-state index in [-0.39, 0.29) is 30.8 Å². The summed E-state index contributed by atoms with van der Waals surface area (Å²) in [7, 11) is 0. The van der Waals surface area contributed by atoms with Gasteiger partial charge < -0.3 is 20.5 Å². The number of carboxylic acid groups (broad SMARTS) is 1. The number of rotatable bonds is 10. The van der Waals surface area contributed by atoms with Gasteiger partial charge in [0, 0.05) is 23.5 Å². The van der Waals surface area contributed by atoms with Crippen LogP contribution in [0.25, 0.3) is 0 Å². The number of hydrogen-bond donors (Lipinski definition) is 3. The number of amides is 3. The third kappa shape index (κ3) is 8.98. The van der Waals surface area contributed by atoms with E-state index in [1.54, 1.807) is 12.1 Å². The lowest BCUT2D eigenvalue weighted by Gasteiger charge is -2.25. The van der Waals surface area contributed by atoms with E-state index in [1.165, 1.54) is 66.1 Å². The summed E-state index contributed by atoms with van der Waals surface area (Å²) in [5, 5.41) is 14.2. The first-order valence-electron chi connectivity index (χ1n) is 13.7. The van der Waals surface area contributed by atoms with Gasteiger partial charge in [-0.15, -0.1) is 13.2 Å². The molecule has 1 aliphatic carbocycles. The molecule has 0 spiro atoms. The van der Waals surface area contributed by atoms with Gasteiger partial charge in [0.05, 0.1) is 13.0 Å². The molecule has 11 heteroatoms. The molecule has 3 amide bonds. The van der Waals surface area contributed by atoms with Crippen LogP contribution in [0.3, 0.4) is 0 Å². The minimum absolute atomic E-state index is 0.0163. The van der Waals surface area contributed by atoms with Crippen molar-refractivity contribution in [3.8, 4) is 5.75 Å². The van der Waals surface area contributed by atoms with Crippen LogP contribution in [0.5, 0.6) is 5.75 Å². The first-order valence-corrected chi connectivity index (χ1v) is 13.7. The van der Waals surface area contributed by atoms with E-state index in [0.717, 1.165) is 12.8 Å². The fourth-order valence-corrected chi connectivity index (χ4v) is 4.90. The van der Waals surface area contributed by atoms with Crippen LogP contribution in [0.2, 0.25) is 0 Å². The van der Waals surface area contributed by atoms with Gasteiger partial charge in [-0.2, -0.15) is 0 Å². The van der Waals surface area contributed by atoms with Crippen LogP contribution in [0.4, 0.5) is 29.3 Å². The molecule has 0 radical (unpaired) electrons. The molecule has 0 aliphatic heterocycles. The Kier molecular flexibility index (Phi) is 10.1. The lowest BCUT2D eigenvalue weighted by atomic mass is 9.84. The number of halogens is 3. The molecule has 3 aromatic rings. The van der Waals surface area contributed by atoms with Crippen molar-refractivity contribution >= 4 is 29.3 Å². The Morgan fingerprint density at radius 1 is 0.881 bits per heavy atom. The van der Waals surface area contributed by atoms with Gasteiger partial charge in [0.2, 0.25) is 0 Å². The highest BCUT2D eigenvalue weighted by Crippen LogP contribution is 2.33. The summed E-state index contributed by atoms with van der Waals surface area (Å²) in [5.41, 5.74) is 3.08. The van der Waals surface area contributed by atoms with Crippen LogP contribution >= 0.6 is 0 Å². The first-order chi connectivity index (χ1) is 20.1. The Morgan fingerprint density at radius 3 is 2.12 bits per heavy atom. The predicted molar refractivity (Wildman–Crippen MR) is 152 cm³/mol. The zero-order valence-corrected chi connectivity index (χ0v) is 22.8. The van der Waals surface area contributed by atoms with Crippen molar-refractivity contribution in [3.63, 3.8) is 0 Å². The maximum absolute atomic E-state index is 13.5. The predicted octanol–water partition coefficient (Wildman–Crippen LogP) is 7.08. The van der Waals surface area contributed by atoms with Crippen molar-refractivity contribution in [1.29, 1.82) is 0 Å². The van der Waals surface area contributed by atoms with Crippen LogP contribution in [0.15, 0.2) is 72.8 Å². The molecule has 0 heterocycles. The number of urea groups is 1. The second-order valence-electron chi connectivity index (χ2n) is 10.1. The van der Waals surface area contributed by atoms with Crippen LogP contribution < -0.4 is 20.3 Å². The normalized spacial score (nSPS) is 13.7.